The predicted octanol–water partition coefficient (Wildman–Crippen LogP) is 4.53. The fourth-order valence-electron chi connectivity index (χ4n) is 4.99. The first-order chi connectivity index (χ1) is 14.5. The van der Waals surface area contributed by atoms with Crippen molar-refractivity contribution in [3.8, 4) is 11.5 Å². The normalized spacial score (nSPS) is 17.1. The number of carbonyl (C=O) groups excluding carboxylic acids is 1. The van der Waals surface area contributed by atoms with Gasteiger partial charge in [0.2, 0.25) is 0 Å². The number of carbonyl (C=O) groups is 1. The van der Waals surface area contributed by atoms with Crippen LogP contribution in [0.25, 0.3) is 0 Å². The van der Waals surface area contributed by atoms with Crippen LogP contribution in [-0.4, -0.2) is 23.0 Å². The van der Waals surface area contributed by atoms with Crippen molar-refractivity contribution in [2.24, 2.45) is 11.8 Å². The number of rotatable bonds is 6. The van der Waals surface area contributed by atoms with Gasteiger partial charge in [-0.1, -0.05) is 38.7 Å². The van der Waals surface area contributed by atoms with Crippen molar-refractivity contribution in [1.82, 2.24) is 4.90 Å². The van der Waals surface area contributed by atoms with Gasteiger partial charge >= 0.3 is 0 Å². The van der Waals surface area contributed by atoms with Crippen LogP contribution >= 0.6 is 0 Å². The third kappa shape index (κ3) is 3.97. The van der Waals surface area contributed by atoms with Crippen LogP contribution in [0.2, 0.25) is 0 Å². The highest BCUT2D eigenvalue weighted by Gasteiger charge is 2.28. The second-order valence-electron chi connectivity index (χ2n) is 8.68. The molecule has 6 heteroatoms. The van der Waals surface area contributed by atoms with Crippen LogP contribution in [0.5, 0.6) is 11.5 Å². The van der Waals surface area contributed by atoms with Crippen molar-refractivity contribution in [1.29, 1.82) is 0 Å². The van der Waals surface area contributed by atoms with E-state index in [0.29, 0.717) is 24.3 Å². The number of ether oxygens (including phenoxy) is 1. The Labute approximate surface area is 178 Å². The lowest BCUT2D eigenvalue weighted by molar-refractivity contribution is 0.0748. The summed E-state index contributed by atoms with van der Waals surface area (Å²) in [7, 11) is 1.64. The number of methoxy groups -OCH3 is 1. The number of nitrogens with one attached hydrogen (secondary N) is 1. The molecule has 0 bridgehead atoms. The quantitative estimate of drug-likeness (QED) is 0.482. The molecule has 0 aromatic heterocycles. The lowest BCUT2D eigenvalue weighted by atomic mass is 9.87. The van der Waals surface area contributed by atoms with E-state index in [4.69, 9.17) is 10.6 Å². The number of nitrogens with zero attached hydrogens (tertiary/aromatic N) is 1. The monoisotopic (exact) mass is 409 g/mol. The molecule has 1 amide bonds. The average Bonchev–Trinajstić information content (AvgIpc) is 3.41. The van der Waals surface area contributed by atoms with Crippen LogP contribution in [0.1, 0.15) is 72.0 Å². The summed E-state index contributed by atoms with van der Waals surface area (Å²) >= 11 is 0. The maximum atomic E-state index is 13.3. The summed E-state index contributed by atoms with van der Waals surface area (Å²) in [5.41, 5.74) is 6.91. The van der Waals surface area contributed by atoms with E-state index in [-0.39, 0.29) is 17.6 Å². The number of phenolic OH excluding ortho intramolecular Hbond substituents is 1. The zero-order chi connectivity index (χ0) is 21.3. The smallest absolute Gasteiger partial charge is 0.258 e. The van der Waals surface area contributed by atoms with Crippen LogP contribution in [-0.2, 0) is 13.1 Å². The van der Waals surface area contributed by atoms with Crippen LogP contribution in [0.3, 0.4) is 0 Å². The number of benzene rings is 2. The Hall–Kier alpha value is -2.73. The molecule has 30 heavy (non-hydrogen) atoms. The second kappa shape index (κ2) is 8.56. The van der Waals surface area contributed by atoms with E-state index in [1.165, 1.54) is 25.7 Å². The minimum atomic E-state index is -0.166. The number of aromatic hydroxyl groups is 1. The molecule has 1 aliphatic carbocycles. The van der Waals surface area contributed by atoms with Gasteiger partial charge in [-0.3, -0.25) is 10.6 Å². The van der Waals surface area contributed by atoms with Gasteiger partial charge in [0.1, 0.15) is 11.5 Å². The fraction of sp³-hybridized carbons (Fsp3) is 0.458. The molecule has 1 unspecified atom stereocenters. The van der Waals surface area contributed by atoms with Gasteiger partial charge < -0.3 is 20.2 Å². The SMILES string of the molecule is COc1ccc2c(c1)CN(C(=O)c1cc(C(C)CC3CCCC3)c(NN)cc1O)C2. The molecule has 0 spiro atoms. The number of amides is 1. The zero-order valence-corrected chi connectivity index (χ0v) is 17.8. The highest BCUT2D eigenvalue weighted by molar-refractivity contribution is 5.98. The van der Waals surface area contributed by atoms with Gasteiger partial charge in [0, 0.05) is 19.2 Å². The Morgan fingerprint density at radius 2 is 1.97 bits per heavy atom. The summed E-state index contributed by atoms with van der Waals surface area (Å²) in [6.45, 7) is 3.22. The molecule has 1 saturated carbocycles. The summed E-state index contributed by atoms with van der Waals surface area (Å²) in [6.07, 6.45) is 6.23. The lowest BCUT2D eigenvalue weighted by Crippen LogP contribution is -2.26. The number of hydrazine groups is 1. The number of phenols is 1. The number of nitrogen functional groups attached to an aromatic ring is 1. The van der Waals surface area contributed by atoms with E-state index in [2.05, 4.69) is 12.3 Å². The molecule has 2 aromatic rings. The van der Waals surface area contributed by atoms with Crippen molar-refractivity contribution >= 4 is 11.6 Å². The Morgan fingerprint density at radius 1 is 1.23 bits per heavy atom. The summed E-state index contributed by atoms with van der Waals surface area (Å²) in [5, 5.41) is 10.6. The van der Waals surface area contributed by atoms with Crippen molar-refractivity contribution in [2.75, 3.05) is 12.5 Å². The Bertz CT molecular complexity index is 938. The van der Waals surface area contributed by atoms with Crippen molar-refractivity contribution < 1.29 is 14.6 Å². The third-order valence-electron chi connectivity index (χ3n) is 6.67. The fourth-order valence-corrected chi connectivity index (χ4v) is 4.99. The van der Waals surface area contributed by atoms with Crippen molar-refractivity contribution in [3.63, 3.8) is 0 Å². The Morgan fingerprint density at radius 3 is 2.67 bits per heavy atom. The summed E-state index contributed by atoms with van der Waals surface area (Å²) in [6, 6.07) is 9.29. The van der Waals surface area contributed by atoms with Crippen LogP contribution in [0.4, 0.5) is 5.69 Å². The van der Waals surface area contributed by atoms with Gasteiger partial charge in [0.25, 0.3) is 5.91 Å². The molecule has 1 fully saturated rings. The van der Waals surface area contributed by atoms with E-state index in [1.807, 2.05) is 24.3 Å². The van der Waals surface area contributed by atoms with Crippen LogP contribution < -0.4 is 16.0 Å². The van der Waals surface area contributed by atoms with Crippen LogP contribution in [0.15, 0.2) is 30.3 Å². The topological polar surface area (TPSA) is 87.8 Å². The van der Waals surface area contributed by atoms with Gasteiger partial charge in [-0.15, -0.1) is 0 Å². The van der Waals surface area contributed by atoms with Gasteiger partial charge in [-0.25, -0.2) is 0 Å². The Balaban J connectivity index is 1.58. The molecule has 4 rings (SSSR count). The minimum absolute atomic E-state index is 0.0432. The molecule has 0 radical (unpaired) electrons. The van der Waals surface area contributed by atoms with Crippen LogP contribution in [0, 0.1) is 5.92 Å². The molecule has 6 nitrogen and oxygen atoms in total. The lowest BCUT2D eigenvalue weighted by Gasteiger charge is -2.22. The van der Waals surface area contributed by atoms with E-state index in [9.17, 15) is 9.90 Å². The van der Waals surface area contributed by atoms with E-state index in [0.717, 1.165) is 34.8 Å². The molecular formula is C24H31N3O3. The first-order valence-corrected chi connectivity index (χ1v) is 10.8. The van der Waals surface area contributed by atoms with Gasteiger partial charge in [-0.2, -0.15) is 0 Å². The van der Waals surface area contributed by atoms with Crippen molar-refractivity contribution in [3.05, 3.63) is 52.6 Å². The number of fused-ring (bicyclic) bond motifs is 1. The molecule has 1 atom stereocenters. The molecule has 160 valence electrons. The molecule has 2 aliphatic rings. The first kappa shape index (κ1) is 20.5. The van der Waals surface area contributed by atoms with Gasteiger partial charge in [0.15, 0.2) is 0 Å². The second-order valence-corrected chi connectivity index (χ2v) is 8.68. The maximum absolute atomic E-state index is 13.3. The van der Waals surface area contributed by atoms with Gasteiger partial charge in [0.05, 0.1) is 18.4 Å². The predicted molar refractivity (Wildman–Crippen MR) is 117 cm³/mol. The summed E-state index contributed by atoms with van der Waals surface area (Å²) in [5.74, 6) is 7.29. The maximum Gasteiger partial charge on any atom is 0.258 e. The number of hydrogen-bond donors (Lipinski definition) is 3. The molecule has 4 N–H and O–H groups in total. The number of nitrogens with two attached hydrogens (primary N) is 1. The highest BCUT2D eigenvalue weighted by atomic mass is 16.5. The standard InChI is InChI=1S/C24H31N3O3/c1-15(9-16-5-3-4-6-16)20-11-21(23(28)12-22(20)26-25)24(29)27-13-17-7-8-19(30-2)10-18(17)14-27/h7-8,10-12,15-16,26,28H,3-6,9,13-14,25H2,1-2H3. The molecule has 1 heterocycles. The molecular weight excluding hydrogens is 378 g/mol. The van der Waals surface area contributed by atoms with Crippen molar-refractivity contribution in [2.45, 2.75) is 58.0 Å². The molecule has 2 aromatic carbocycles. The van der Waals surface area contributed by atoms with Gasteiger partial charge in [-0.05, 0) is 53.1 Å². The summed E-state index contributed by atoms with van der Waals surface area (Å²) < 4.78 is 5.30. The first-order valence-electron chi connectivity index (χ1n) is 10.8. The Kier molecular flexibility index (Phi) is 5.86. The van der Waals surface area contributed by atoms with E-state index >= 15 is 0 Å². The summed E-state index contributed by atoms with van der Waals surface area (Å²) in [4.78, 5) is 15.1. The minimum Gasteiger partial charge on any atom is -0.507 e. The van der Waals surface area contributed by atoms with E-state index in [1.54, 1.807) is 18.1 Å². The zero-order valence-electron chi connectivity index (χ0n) is 17.8. The highest BCUT2D eigenvalue weighted by Crippen LogP contribution is 2.39. The number of hydrogen-bond acceptors (Lipinski definition) is 5. The largest absolute Gasteiger partial charge is 0.507 e. The molecule has 1 aliphatic heterocycles. The average molecular weight is 410 g/mol. The van der Waals surface area contributed by atoms with E-state index < -0.39 is 0 Å². The molecule has 0 saturated heterocycles. The number of anilines is 1. The third-order valence-corrected chi connectivity index (χ3v) is 6.67.